The van der Waals surface area contributed by atoms with Crippen molar-refractivity contribution >= 4 is 21.0 Å². The van der Waals surface area contributed by atoms with Crippen LogP contribution in [0, 0.1) is 0 Å². The lowest BCUT2D eigenvalue weighted by atomic mass is 10.1. The molecule has 0 saturated heterocycles. The van der Waals surface area contributed by atoms with E-state index >= 15 is 0 Å². The molecule has 0 amide bonds. The zero-order chi connectivity index (χ0) is 31.2. The Morgan fingerprint density at radius 2 is 1.72 bits per heavy atom. The molecule has 10 heteroatoms. The largest absolute Gasteiger partial charge is 0.546 e. The number of ether oxygens (including phenoxy) is 3. The van der Waals surface area contributed by atoms with Crippen molar-refractivity contribution in [3.8, 4) is 28.6 Å². The number of aliphatic carboxylic acids is 1. The molecule has 3 rings (SSSR count). The van der Waals surface area contributed by atoms with Gasteiger partial charge in [-0.2, -0.15) is 0 Å². The Morgan fingerprint density at radius 3 is 2.37 bits per heavy atom. The van der Waals surface area contributed by atoms with E-state index in [2.05, 4.69) is 30.4 Å². The number of carboxylic acid groups (broad SMARTS) is 1. The molecule has 1 aromatic heterocycles. The molecule has 43 heavy (non-hydrogen) atoms. The predicted octanol–water partition coefficient (Wildman–Crippen LogP) is 6.77. The van der Waals surface area contributed by atoms with E-state index in [1.54, 1.807) is 25.4 Å². The van der Waals surface area contributed by atoms with Crippen molar-refractivity contribution in [2.45, 2.75) is 90.5 Å². The minimum atomic E-state index is -1.60. The van der Waals surface area contributed by atoms with Crippen LogP contribution < -0.4 is 13.9 Å². The number of rotatable bonds is 18. The molecule has 0 spiro atoms. The maximum atomic E-state index is 11.9. The number of carboxylic acids is 1. The Balaban J connectivity index is 1.86. The van der Waals surface area contributed by atoms with Crippen LogP contribution in [0.25, 0.3) is 11.4 Å². The van der Waals surface area contributed by atoms with Gasteiger partial charge in [0.1, 0.15) is 23.9 Å². The Kier molecular flexibility index (Phi) is 13.5. The molecular weight excluding hydrogens is 564 g/mol. The van der Waals surface area contributed by atoms with Gasteiger partial charge in [0.25, 0.3) is 0 Å². The first-order chi connectivity index (χ1) is 20.7. The molecule has 1 heterocycles. The van der Waals surface area contributed by atoms with Crippen molar-refractivity contribution in [1.29, 1.82) is 0 Å². The Bertz CT molecular complexity index is 1330. The molecule has 1 N–H and O–H groups in total. The zero-order valence-electron chi connectivity index (χ0n) is 25.9. The van der Waals surface area contributed by atoms with Crippen LogP contribution in [0.5, 0.6) is 17.2 Å². The summed E-state index contributed by atoms with van der Waals surface area (Å²) in [5, 5.41) is 9.75. The van der Waals surface area contributed by atoms with Crippen LogP contribution >= 0.6 is 0 Å². The fourth-order valence-corrected chi connectivity index (χ4v) is 7.13. The second-order valence-corrected chi connectivity index (χ2v) is 13.2. The van der Waals surface area contributed by atoms with Crippen LogP contribution in [0.15, 0.2) is 54.7 Å². The average molecular weight is 609 g/mol. The normalized spacial score (nSPS) is 12.4. The first-order valence-corrected chi connectivity index (χ1v) is 17.3. The molecule has 0 aliphatic carbocycles. The van der Waals surface area contributed by atoms with E-state index in [0.29, 0.717) is 39.9 Å². The van der Waals surface area contributed by atoms with Crippen molar-refractivity contribution in [3.63, 3.8) is 0 Å². The fraction of sp³-hybridized carbons (Fsp3) is 0.455. The molecule has 2 unspecified atom stereocenters. The van der Waals surface area contributed by atoms with E-state index < -0.39 is 27.1 Å². The maximum Gasteiger partial charge on any atom is 0.345 e. The summed E-state index contributed by atoms with van der Waals surface area (Å²) < 4.78 is 23.3. The van der Waals surface area contributed by atoms with Gasteiger partial charge in [-0.3, -0.25) is 4.79 Å². The molecule has 0 aliphatic rings. The number of nitrogens with zero attached hydrogens (tertiary/aromatic N) is 2. The Morgan fingerprint density at radius 1 is 1.00 bits per heavy atom. The van der Waals surface area contributed by atoms with Gasteiger partial charge >= 0.3 is 11.9 Å². The van der Waals surface area contributed by atoms with Crippen LogP contribution in [-0.2, 0) is 27.4 Å². The minimum Gasteiger partial charge on any atom is -0.546 e. The van der Waals surface area contributed by atoms with Crippen molar-refractivity contribution in [2.75, 3.05) is 7.11 Å². The number of unbranched alkanes of at least 4 members (excludes halogenated alkanes) is 2. The number of esters is 1. The Hall–Kier alpha value is -3.92. The molecule has 0 radical (unpaired) electrons. The number of hydrogen-bond donors (Lipinski definition) is 1. The quantitative estimate of drug-likeness (QED) is 0.123. The van der Waals surface area contributed by atoms with Crippen LogP contribution in [0.3, 0.4) is 0 Å². The number of benzene rings is 2. The molecular formula is C33H44N2O7Si. The molecule has 0 aliphatic heterocycles. The second kappa shape index (κ2) is 17.3. The van der Waals surface area contributed by atoms with E-state index in [-0.39, 0.29) is 13.0 Å². The first-order valence-electron chi connectivity index (χ1n) is 15.0. The lowest BCUT2D eigenvalue weighted by Crippen LogP contribution is -2.28. The molecule has 232 valence electrons. The summed E-state index contributed by atoms with van der Waals surface area (Å²) in [5.41, 5.74) is 2.52. The van der Waals surface area contributed by atoms with Crippen LogP contribution in [0.1, 0.15) is 70.6 Å². The van der Waals surface area contributed by atoms with Gasteiger partial charge in [-0.15, -0.1) is 0 Å². The van der Waals surface area contributed by atoms with Gasteiger partial charge in [-0.05, 0) is 61.3 Å². The summed E-state index contributed by atoms with van der Waals surface area (Å²) >= 11 is 0. The summed E-state index contributed by atoms with van der Waals surface area (Å²) in [6.45, 7) is 7.95. The summed E-state index contributed by atoms with van der Waals surface area (Å²) in [7, 11) is -0.00199. The van der Waals surface area contributed by atoms with Gasteiger partial charge in [0, 0.05) is 25.1 Å². The van der Waals surface area contributed by atoms with Crippen LogP contribution in [0.2, 0.25) is 12.1 Å². The van der Waals surface area contributed by atoms with Crippen LogP contribution in [0.4, 0.5) is 0 Å². The molecule has 9 nitrogen and oxygen atoms in total. The van der Waals surface area contributed by atoms with E-state index in [4.69, 9.17) is 18.6 Å². The van der Waals surface area contributed by atoms with Crippen molar-refractivity contribution in [1.82, 2.24) is 9.97 Å². The lowest BCUT2D eigenvalue weighted by molar-refractivity contribution is -0.162. The molecule has 0 fully saturated rings. The number of methoxy groups -OCH3 is 1. The highest BCUT2D eigenvalue weighted by molar-refractivity contribution is 6.52. The third kappa shape index (κ3) is 10.4. The van der Waals surface area contributed by atoms with Crippen LogP contribution in [-0.4, -0.2) is 49.3 Å². The van der Waals surface area contributed by atoms with Gasteiger partial charge in [0.2, 0.25) is 15.1 Å². The SMILES string of the molecule is CCCCC(CCCC)[SiH](C)Oc1ccc(OCc2ccnc(-c3ccccc3OC)n2)c(CC(OC(C)=O)C(=O)O)c1. The van der Waals surface area contributed by atoms with E-state index in [1.165, 1.54) is 19.8 Å². The van der Waals surface area contributed by atoms with Crippen molar-refractivity contribution < 1.29 is 33.3 Å². The second-order valence-electron chi connectivity index (χ2n) is 10.6. The van der Waals surface area contributed by atoms with E-state index in [1.807, 2.05) is 36.4 Å². The monoisotopic (exact) mass is 608 g/mol. The van der Waals surface area contributed by atoms with Gasteiger partial charge in [0.15, 0.2) is 5.82 Å². The molecule has 2 atom stereocenters. The topological polar surface area (TPSA) is 117 Å². The number of para-hydroxylation sites is 1. The van der Waals surface area contributed by atoms with Gasteiger partial charge < -0.3 is 23.7 Å². The third-order valence-electron chi connectivity index (χ3n) is 7.30. The summed E-state index contributed by atoms with van der Waals surface area (Å²) in [6, 6.07) is 14.7. The highest BCUT2D eigenvalue weighted by Gasteiger charge is 2.25. The standard InChI is InChI=1S/C33H44N2O7Si/c1-6-8-12-27(13-9-7-2)43(5)42-26-16-17-29(24(20-26)21-31(33(37)38)41-23(3)36)40-22-25-18-19-34-32(35-25)28-14-10-11-15-30(28)39-4/h10-11,14-20,27,31,43H,6-9,12-13,21-22H2,1-5H3,(H,37,38). The summed E-state index contributed by atoms with van der Waals surface area (Å²) in [5.74, 6) is 0.406. The molecule has 3 aromatic rings. The van der Waals surface area contributed by atoms with Gasteiger partial charge in [-0.25, -0.2) is 14.8 Å². The third-order valence-corrected chi connectivity index (χ3v) is 9.94. The highest BCUT2D eigenvalue weighted by atomic mass is 28.3. The zero-order valence-corrected chi connectivity index (χ0v) is 27.0. The summed E-state index contributed by atoms with van der Waals surface area (Å²) in [4.78, 5) is 32.6. The smallest absolute Gasteiger partial charge is 0.345 e. The van der Waals surface area contributed by atoms with E-state index in [0.717, 1.165) is 31.2 Å². The summed E-state index contributed by atoms with van der Waals surface area (Å²) in [6.07, 6.45) is 7.20. The van der Waals surface area contributed by atoms with Crippen molar-refractivity contribution in [2.24, 2.45) is 0 Å². The Labute approximate surface area is 256 Å². The van der Waals surface area contributed by atoms with Gasteiger partial charge in [-0.1, -0.05) is 51.7 Å². The van der Waals surface area contributed by atoms with Crippen molar-refractivity contribution in [3.05, 3.63) is 66.0 Å². The number of carbonyl (C=O) groups is 2. The molecule has 0 saturated carbocycles. The highest BCUT2D eigenvalue weighted by Crippen LogP contribution is 2.32. The number of hydrogen-bond acceptors (Lipinski definition) is 8. The molecule has 2 aromatic carbocycles. The average Bonchev–Trinajstić information content (AvgIpc) is 3.00. The number of aromatic nitrogens is 2. The first kappa shape index (κ1) is 33.6. The minimum absolute atomic E-state index is 0.0667. The number of carbonyl (C=O) groups excluding carboxylic acids is 1. The maximum absolute atomic E-state index is 11.9. The van der Waals surface area contributed by atoms with Gasteiger partial charge in [0.05, 0.1) is 18.4 Å². The predicted molar refractivity (Wildman–Crippen MR) is 168 cm³/mol. The fourth-order valence-electron chi connectivity index (χ4n) is 4.95. The molecule has 0 bridgehead atoms. The van der Waals surface area contributed by atoms with E-state index in [9.17, 15) is 14.7 Å². The lowest BCUT2D eigenvalue weighted by Gasteiger charge is -2.24.